The predicted molar refractivity (Wildman–Crippen MR) is 230 cm³/mol. The van der Waals surface area contributed by atoms with Gasteiger partial charge in [-0.15, -0.1) is 0 Å². The lowest BCUT2D eigenvalue weighted by Crippen LogP contribution is -2.22. The van der Waals surface area contributed by atoms with Crippen molar-refractivity contribution in [3.05, 3.63) is 217 Å². The first-order chi connectivity index (χ1) is 27.2. The third-order valence-corrected chi connectivity index (χ3v) is 10.6. The summed E-state index contributed by atoms with van der Waals surface area (Å²) in [5.74, 6) is 0.223. The van der Waals surface area contributed by atoms with E-state index in [9.17, 15) is 0 Å². The van der Waals surface area contributed by atoms with Gasteiger partial charge in [-0.2, -0.15) is 0 Å². The standard InChI is InChI=1S/C50H36N5/c51-49(35-17-7-2-8-18-35)52-50(36-19-9-3-10-20-36)53-55-47-29-26-37(34-15-5-1-6-16-34)31-43(47)44-33-39(27-30-48(44)55)38-25-28-46-42(32-38)41-23-13-14-24-45(41)54(46)40-21-11-4-12-22-40/h1-33,50,53H,(H-,51,52)/q-1. The number of benzene rings is 8. The minimum Gasteiger partial charge on any atom is -0.482 e. The van der Waals surface area contributed by atoms with Gasteiger partial charge in [-0.1, -0.05) is 151 Å². The normalized spacial score (nSPS) is 12.0. The third-order valence-electron chi connectivity index (χ3n) is 10.6. The summed E-state index contributed by atoms with van der Waals surface area (Å²) in [4.78, 5) is 0. The van der Waals surface area contributed by atoms with Gasteiger partial charge in [0.2, 0.25) is 0 Å². The molecular formula is C50H36N5-. The predicted octanol–water partition coefficient (Wildman–Crippen LogP) is 12.9. The summed E-state index contributed by atoms with van der Waals surface area (Å²) in [6.07, 6.45) is -0.509. The van der Waals surface area contributed by atoms with Crippen molar-refractivity contribution in [3.8, 4) is 27.9 Å². The highest BCUT2D eigenvalue weighted by molar-refractivity contribution is 6.13. The van der Waals surface area contributed by atoms with Gasteiger partial charge >= 0.3 is 0 Å². The van der Waals surface area contributed by atoms with E-state index in [1.165, 1.54) is 27.4 Å². The number of nitrogens with one attached hydrogen (secondary N) is 2. The lowest BCUT2D eigenvalue weighted by molar-refractivity contribution is 0.803. The van der Waals surface area contributed by atoms with Gasteiger partial charge in [-0.05, 0) is 88.0 Å². The summed E-state index contributed by atoms with van der Waals surface area (Å²) in [5, 5.41) is 18.6. The van der Waals surface area contributed by atoms with E-state index in [2.05, 4.69) is 166 Å². The van der Waals surface area contributed by atoms with Gasteiger partial charge in [0.1, 0.15) is 0 Å². The Labute approximate surface area is 319 Å². The van der Waals surface area contributed by atoms with E-state index >= 15 is 0 Å². The highest BCUT2D eigenvalue weighted by Gasteiger charge is 2.18. The Balaban J connectivity index is 1.13. The lowest BCUT2D eigenvalue weighted by atomic mass is 9.99. The molecule has 0 aliphatic heterocycles. The summed E-state index contributed by atoms with van der Waals surface area (Å²) in [6, 6.07) is 69.9. The zero-order chi connectivity index (χ0) is 36.7. The van der Waals surface area contributed by atoms with Gasteiger partial charge in [0.15, 0.2) is 0 Å². The summed E-state index contributed by atoms with van der Waals surface area (Å²) in [5.41, 5.74) is 15.7. The van der Waals surface area contributed by atoms with Crippen molar-refractivity contribution >= 4 is 49.4 Å². The molecule has 55 heavy (non-hydrogen) atoms. The zero-order valence-corrected chi connectivity index (χ0v) is 30.0. The second-order valence-corrected chi connectivity index (χ2v) is 13.9. The summed E-state index contributed by atoms with van der Waals surface area (Å²) < 4.78 is 4.51. The monoisotopic (exact) mass is 706 g/mol. The average molecular weight is 707 g/mol. The van der Waals surface area contributed by atoms with Crippen LogP contribution in [0.1, 0.15) is 17.3 Å². The number of nitrogens with zero attached hydrogens (tertiary/aromatic N) is 3. The number of fused-ring (bicyclic) bond motifs is 6. The molecule has 0 saturated heterocycles. The van der Waals surface area contributed by atoms with Crippen LogP contribution in [0.4, 0.5) is 0 Å². The SMILES string of the molecule is N=C([N-]C(Nn1c2ccc(-c3ccccc3)cc2c2cc(-c3ccc4c(c3)c3ccccc3n4-c3ccccc3)ccc21)c1ccccc1)c1ccccc1. The first-order valence-corrected chi connectivity index (χ1v) is 18.6. The molecule has 2 N–H and O–H groups in total. The highest BCUT2D eigenvalue weighted by atomic mass is 15.5. The molecular weight excluding hydrogens is 671 g/mol. The molecule has 0 spiro atoms. The molecule has 0 radical (unpaired) electrons. The largest absolute Gasteiger partial charge is 0.482 e. The van der Waals surface area contributed by atoms with Crippen LogP contribution in [0.5, 0.6) is 0 Å². The van der Waals surface area contributed by atoms with Crippen molar-refractivity contribution < 1.29 is 0 Å². The van der Waals surface area contributed by atoms with Crippen LogP contribution in [0.2, 0.25) is 0 Å². The molecule has 0 aliphatic rings. The molecule has 0 saturated carbocycles. The molecule has 0 amide bonds. The Kier molecular flexibility index (Phi) is 7.96. The molecule has 0 fully saturated rings. The number of rotatable bonds is 8. The van der Waals surface area contributed by atoms with E-state index in [1.807, 2.05) is 48.5 Å². The molecule has 1 atom stereocenters. The number of hydrogen-bond donors (Lipinski definition) is 2. The highest BCUT2D eigenvalue weighted by Crippen LogP contribution is 2.39. The van der Waals surface area contributed by atoms with Crippen molar-refractivity contribution in [1.29, 1.82) is 5.41 Å². The first kappa shape index (κ1) is 32.3. The molecule has 10 aromatic rings. The van der Waals surface area contributed by atoms with E-state index in [-0.39, 0.29) is 5.84 Å². The molecule has 5 nitrogen and oxygen atoms in total. The molecule has 8 aromatic carbocycles. The molecule has 0 aliphatic carbocycles. The van der Waals surface area contributed by atoms with E-state index in [4.69, 9.17) is 10.7 Å². The van der Waals surface area contributed by atoms with Crippen LogP contribution in [-0.4, -0.2) is 15.1 Å². The second-order valence-electron chi connectivity index (χ2n) is 13.9. The summed E-state index contributed by atoms with van der Waals surface area (Å²) in [6.45, 7) is 0. The van der Waals surface area contributed by atoms with Crippen molar-refractivity contribution in [2.45, 2.75) is 6.17 Å². The number of para-hydroxylation sites is 2. The Bertz CT molecular complexity index is 2980. The fourth-order valence-corrected chi connectivity index (χ4v) is 7.90. The molecule has 0 bridgehead atoms. The third kappa shape index (κ3) is 5.79. The fraction of sp³-hybridized carbons (Fsp3) is 0.0200. The minimum absolute atomic E-state index is 0.223. The van der Waals surface area contributed by atoms with Gasteiger partial charge < -0.3 is 20.7 Å². The van der Waals surface area contributed by atoms with Gasteiger partial charge in [0, 0.05) is 27.2 Å². The van der Waals surface area contributed by atoms with Gasteiger partial charge in [0.05, 0.1) is 28.2 Å². The maximum Gasteiger partial charge on any atom is 0.0742 e. The van der Waals surface area contributed by atoms with E-state index in [0.717, 1.165) is 55.3 Å². The van der Waals surface area contributed by atoms with Crippen LogP contribution in [-0.2, 0) is 0 Å². The average Bonchev–Trinajstić information content (AvgIpc) is 3.75. The number of hydrogen-bond acceptors (Lipinski definition) is 2. The Hall–Kier alpha value is -7.37. The van der Waals surface area contributed by atoms with Crippen LogP contribution < -0.4 is 5.43 Å². The Morgan fingerprint density at radius 1 is 0.436 bits per heavy atom. The van der Waals surface area contributed by atoms with E-state index in [0.29, 0.717) is 0 Å². The molecule has 2 aromatic heterocycles. The molecule has 10 rings (SSSR count). The maximum atomic E-state index is 8.95. The van der Waals surface area contributed by atoms with E-state index in [1.54, 1.807) is 0 Å². The van der Waals surface area contributed by atoms with Crippen LogP contribution in [0.3, 0.4) is 0 Å². The quantitative estimate of drug-likeness (QED) is 0.120. The maximum absolute atomic E-state index is 8.95. The Morgan fingerprint density at radius 3 is 1.55 bits per heavy atom. The Morgan fingerprint density at radius 2 is 0.909 bits per heavy atom. The summed E-state index contributed by atoms with van der Waals surface area (Å²) >= 11 is 0. The van der Waals surface area contributed by atoms with Crippen molar-refractivity contribution in [1.82, 2.24) is 9.24 Å². The number of amidine groups is 1. The molecule has 2 heterocycles. The number of aromatic nitrogens is 2. The smallest absolute Gasteiger partial charge is 0.0742 e. The van der Waals surface area contributed by atoms with Crippen molar-refractivity contribution in [2.75, 3.05) is 5.43 Å². The first-order valence-electron chi connectivity index (χ1n) is 18.6. The van der Waals surface area contributed by atoms with E-state index < -0.39 is 6.17 Å². The molecule has 262 valence electrons. The van der Waals surface area contributed by atoms with Crippen LogP contribution in [0.25, 0.3) is 76.9 Å². The molecule has 5 heteroatoms. The minimum atomic E-state index is -0.509. The van der Waals surface area contributed by atoms with Gasteiger partial charge in [-0.3, -0.25) is 4.68 Å². The van der Waals surface area contributed by atoms with Gasteiger partial charge in [0.25, 0.3) is 0 Å². The fourth-order valence-electron chi connectivity index (χ4n) is 7.90. The van der Waals surface area contributed by atoms with Crippen molar-refractivity contribution in [3.63, 3.8) is 0 Å². The second kappa shape index (κ2) is 13.6. The van der Waals surface area contributed by atoms with Crippen molar-refractivity contribution in [2.24, 2.45) is 0 Å². The molecule has 1 unspecified atom stereocenters. The topological polar surface area (TPSA) is 59.8 Å². The zero-order valence-electron chi connectivity index (χ0n) is 30.0. The van der Waals surface area contributed by atoms with Crippen LogP contribution in [0, 0.1) is 5.41 Å². The van der Waals surface area contributed by atoms with Crippen LogP contribution >= 0.6 is 0 Å². The summed E-state index contributed by atoms with van der Waals surface area (Å²) in [7, 11) is 0. The van der Waals surface area contributed by atoms with Gasteiger partial charge in [-0.25, -0.2) is 0 Å². The lowest BCUT2D eigenvalue weighted by Gasteiger charge is -2.30. The van der Waals surface area contributed by atoms with Crippen LogP contribution in [0.15, 0.2) is 200 Å².